The minimum Gasteiger partial charge on any atom is -0.381 e. The molecule has 2 atom stereocenters. The van der Waals surface area contributed by atoms with Gasteiger partial charge in [0.15, 0.2) is 0 Å². The van der Waals surface area contributed by atoms with E-state index in [1.54, 1.807) is 0 Å². The molecular weight excluding hydrogens is 190 g/mol. The van der Waals surface area contributed by atoms with E-state index >= 15 is 0 Å². The Labute approximate surface area is 93.5 Å². The fourth-order valence-corrected chi connectivity index (χ4v) is 1.52. The summed E-state index contributed by atoms with van der Waals surface area (Å²) in [6.45, 7) is 12.2. The van der Waals surface area contributed by atoms with E-state index in [0.29, 0.717) is 5.92 Å². The molecule has 0 radical (unpaired) electrons. The van der Waals surface area contributed by atoms with Gasteiger partial charge >= 0.3 is 0 Å². The van der Waals surface area contributed by atoms with Crippen molar-refractivity contribution in [1.82, 2.24) is 5.32 Å². The highest BCUT2D eigenvalue weighted by Gasteiger charge is 2.17. The SMILES string of the molecule is CC(CNC(C)(C)C)OCC1CCOC1. The minimum absolute atomic E-state index is 0.175. The van der Waals surface area contributed by atoms with Gasteiger partial charge in [0.2, 0.25) is 0 Å². The molecule has 3 nitrogen and oxygen atoms in total. The van der Waals surface area contributed by atoms with E-state index in [4.69, 9.17) is 9.47 Å². The summed E-state index contributed by atoms with van der Waals surface area (Å²) in [5.41, 5.74) is 0.175. The lowest BCUT2D eigenvalue weighted by Gasteiger charge is -2.24. The number of hydrogen-bond donors (Lipinski definition) is 1. The Morgan fingerprint density at radius 3 is 2.73 bits per heavy atom. The predicted octanol–water partition coefficient (Wildman–Crippen LogP) is 1.82. The van der Waals surface area contributed by atoms with Crippen LogP contribution in [0.15, 0.2) is 0 Å². The van der Waals surface area contributed by atoms with Gasteiger partial charge in [0, 0.05) is 24.6 Å². The average Bonchev–Trinajstić information content (AvgIpc) is 2.62. The zero-order valence-corrected chi connectivity index (χ0v) is 10.5. The number of nitrogens with one attached hydrogen (secondary N) is 1. The van der Waals surface area contributed by atoms with Gasteiger partial charge in [0.1, 0.15) is 0 Å². The maximum Gasteiger partial charge on any atom is 0.0671 e. The number of ether oxygens (including phenoxy) is 2. The Morgan fingerprint density at radius 2 is 2.20 bits per heavy atom. The molecule has 0 aromatic rings. The predicted molar refractivity (Wildman–Crippen MR) is 62.1 cm³/mol. The quantitative estimate of drug-likeness (QED) is 0.759. The summed E-state index contributed by atoms with van der Waals surface area (Å²) < 4.78 is 11.1. The Kier molecular flexibility index (Phi) is 5.03. The van der Waals surface area contributed by atoms with Gasteiger partial charge in [-0.25, -0.2) is 0 Å². The largest absolute Gasteiger partial charge is 0.381 e. The van der Waals surface area contributed by atoms with Gasteiger partial charge < -0.3 is 14.8 Å². The van der Waals surface area contributed by atoms with Gasteiger partial charge in [-0.05, 0) is 34.1 Å². The molecule has 1 N–H and O–H groups in total. The Bertz CT molecular complexity index is 171. The molecule has 90 valence electrons. The molecule has 1 heterocycles. The zero-order valence-electron chi connectivity index (χ0n) is 10.5. The summed E-state index contributed by atoms with van der Waals surface area (Å²) in [7, 11) is 0. The van der Waals surface area contributed by atoms with E-state index < -0.39 is 0 Å². The first-order valence-corrected chi connectivity index (χ1v) is 5.92. The fourth-order valence-electron chi connectivity index (χ4n) is 1.52. The first-order valence-electron chi connectivity index (χ1n) is 5.92. The summed E-state index contributed by atoms with van der Waals surface area (Å²) in [4.78, 5) is 0. The van der Waals surface area contributed by atoms with Crippen molar-refractivity contribution in [2.75, 3.05) is 26.4 Å². The van der Waals surface area contributed by atoms with Crippen molar-refractivity contribution < 1.29 is 9.47 Å². The second-order valence-electron chi connectivity index (χ2n) is 5.50. The lowest BCUT2D eigenvalue weighted by Crippen LogP contribution is -2.41. The normalized spacial score (nSPS) is 24.4. The Balaban J connectivity index is 2.05. The van der Waals surface area contributed by atoms with E-state index in [1.165, 1.54) is 0 Å². The van der Waals surface area contributed by atoms with E-state index in [0.717, 1.165) is 32.8 Å². The number of rotatable bonds is 5. The second-order valence-corrected chi connectivity index (χ2v) is 5.50. The topological polar surface area (TPSA) is 30.5 Å². The maximum atomic E-state index is 5.78. The van der Waals surface area contributed by atoms with Crippen molar-refractivity contribution >= 4 is 0 Å². The van der Waals surface area contributed by atoms with Gasteiger partial charge in [0.05, 0.1) is 19.3 Å². The van der Waals surface area contributed by atoms with E-state index in [9.17, 15) is 0 Å². The van der Waals surface area contributed by atoms with Crippen LogP contribution in [0.4, 0.5) is 0 Å². The average molecular weight is 215 g/mol. The van der Waals surface area contributed by atoms with Crippen molar-refractivity contribution in [3.63, 3.8) is 0 Å². The molecule has 1 aliphatic rings. The summed E-state index contributed by atoms with van der Waals surface area (Å²) in [6.07, 6.45) is 1.43. The van der Waals surface area contributed by atoms with Crippen LogP contribution in [-0.2, 0) is 9.47 Å². The smallest absolute Gasteiger partial charge is 0.0671 e. The van der Waals surface area contributed by atoms with Crippen molar-refractivity contribution in [3.8, 4) is 0 Å². The zero-order chi connectivity index (χ0) is 11.3. The van der Waals surface area contributed by atoms with Crippen LogP contribution in [0, 0.1) is 5.92 Å². The summed E-state index contributed by atoms with van der Waals surface area (Å²) in [6, 6.07) is 0. The lowest BCUT2D eigenvalue weighted by atomic mass is 10.1. The molecule has 0 aromatic heterocycles. The first-order chi connectivity index (χ1) is 6.97. The van der Waals surface area contributed by atoms with Crippen molar-refractivity contribution in [2.45, 2.75) is 45.8 Å². The summed E-state index contributed by atoms with van der Waals surface area (Å²) in [5, 5.41) is 3.44. The monoisotopic (exact) mass is 215 g/mol. The number of hydrogen-bond acceptors (Lipinski definition) is 3. The second kappa shape index (κ2) is 5.83. The molecule has 1 aliphatic heterocycles. The third kappa shape index (κ3) is 6.13. The van der Waals surface area contributed by atoms with Crippen molar-refractivity contribution in [1.29, 1.82) is 0 Å². The lowest BCUT2D eigenvalue weighted by molar-refractivity contribution is 0.0338. The highest BCUT2D eigenvalue weighted by Crippen LogP contribution is 2.13. The molecule has 0 amide bonds. The van der Waals surface area contributed by atoms with Crippen LogP contribution in [0.3, 0.4) is 0 Å². The Morgan fingerprint density at radius 1 is 1.47 bits per heavy atom. The summed E-state index contributed by atoms with van der Waals surface area (Å²) in [5.74, 6) is 0.613. The van der Waals surface area contributed by atoms with Crippen LogP contribution in [0.2, 0.25) is 0 Å². The molecule has 0 aliphatic carbocycles. The molecule has 15 heavy (non-hydrogen) atoms. The maximum absolute atomic E-state index is 5.78. The highest BCUT2D eigenvalue weighted by atomic mass is 16.5. The molecule has 1 saturated heterocycles. The first kappa shape index (κ1) is 12.9. The fraction of sp³-hybridized carbons (Fsp3) is 1.00. The van der Waals surface area contributed by atoms with Gasteiger partial charge in [0.25, 0.3) is 0 Å². The standard InChI is InChI=1S/C12H25NO2/c1-10(7-13-12(2,3)4)15-9-11-5-6-14-8-11/h10-11,13H,5-9H2,1-4H3. The molecule has 0 aromatic carbocycles. The van der Waals surface area contributed by atoms with Crippen LogP contribution in [0.25, 0.3) is 0 Å². The van der Waals surface area contributed by atoms with Crippen LogP contribution >= 0.6 is 0 Å². The molecule has 3 heteroatoms. The van der Waals surface area contributed by atoms with Gasteiger partial charge in [-0.1, -0.05) is 0 Å². The van der Waals surface area contributed by atoms with E-state index in [2.05, 4.69) is 33.0 Å². The van der Waals surface area contributed by atoms with E-state index in [-0.39, 0.29) is 11.6 Å². The molecular formula is C12H25NO2. The van der Waals surface area contributed by atoms with Crippen LogP contribution in [0.5, 0.6) is 0 Å². The third-order valence-electron chi connectivity index (χ3n) is 2.56. The van der Waals surface area contributed by atoms with Gasteiger partial charge in [-0.15, -0.1) is 0 Å². The Hall–Kier alpha value is -0.120. The molecule has 0 bridgehead atoms. The van der Waals surface area contributed by atoms with Crippen LogP contribution in [-0.4, -0.2) is 38.0 Å². The molecule has 1 rings (SSSR count). The minimum atomic E-state index is 0.175. The van der Waals surface area contributed by atoms with Gasteiger partial charge in [-0.2, -0.15) is 0 Å². The molecule has 1 fully saturated rings. The highest BCUT2D eigenvalue weighted by molar-refractivity contribution is 4.72. The van der Waals surface area contributed by atoms with Crippen LogP contribution in [0.1, 0.15) is 34.1 Å². The molecule has 2 unspecified atom stereocenters. The van der Waals surface area contributed by atoms with Crippen LogP contribution < -0.4 is 5.32 Å². The van der Waals surface area contributed by atoms with Crippen molar-refractivity contribution in [2.24, 2.45) is 5.92 Å². The van der Waals surface area contributed by atoms with E-state index in [1.807, 2.05) is 0 Å². The van der Waals surface area contributed by atoms with Crippen molar-refractivity contribution in [3.05, 3.63) is 0 Å². The third-order valence-corrected chi connectivity index (χ3v) is 2.56. The molecule has 0 saturated carbocycles. The molecule has 0 spiro atoms. The van der Waals surface area contributed by atoms with Gasteiger partial charge in [-0.3, -0.25) is 0 Å². The summed E-state index contributed by atoms with van der Waals surface area (Å²) >= 11 is 0.